The van der Waals surface area contributed by atoms with Gasteiger partial charge in [-0.3, -0.25) is 4.79 Å². The molecule has 5 rings (SSSR count). The normalized spacial score (nSPS) is 14.2. The smallest absolute Gasteiger partial charge is 0.352 e. The van der Waals surface area contributed by atoms with Gasteiger partial charge in [0.05, 0.1) is 0 Å². The zero-order chi connectivity index (χ0) is 22.1. The van der Waals surface area contributed by atoms with Gasteiger partial charge < -0.3 is 9.80 Å². The van der Waals surface area contributed by atoms with E-state index in [2.05, 4.69) is 27.1 Å². The first-order chi connectivity index (χ1) is 15.6. The molecule has 162 valence electrons. The van der Waals surface area contributed by atoms with Crippen LogP contribution in [0.3, 0.4) is 0 Å². The zero-order valence-electron chi connectivity index (χ0n) is 17.9. The highest BCUT2D eigenvalue weighted by Crippen LogP contribution is 2.18. The summed E-state index contributed by atoms with van der Waals surface area (Å²) in [6.45, 7) is 4.54. The summed E-state index contributed by atoms with van der Waals surface area (Å²) in [5, 5.41) is 4.43. The molecule has 3 heterocycles. The third-order valence-corrected chi connectivity index (χ3v) is 5.77. The van der Waals surface area contributed by atoms with E-state index < -0.39 is 0 Å². The maximum Gasteiger partial charge on any atom is 0.352 e. The van der Waals surface area contributed by atoms with Crippen LogP contribution in [-0.4, -0.2) is 56.2 Å². The van der Waals surface area contributed by atoms with E-state index in [0.29, 0.717) is 24.6 Å². The Morgan fingerprint density at radius 3 is 2.28 bits per heavy atom. The first-order valence-corrected chi connectivity index (χ1v) is 10.7. The van der Waals surface area contributed by atoms with Gasteiger partial charge in [-0.2, -0.15) is 0 Å². The molecule has 1 aliphatic heterocycles. The molecule has 0 radical (unpaired) electrons. The Balaban J connectivity index is 1.36. The number of hydrogen-bond donors (Lipinski definition) is 0. The van der Waals surface area contributed by atoms with Gasteiger partial charge in [0.25, 0.3) is 0 Å². The quantitative estimate of drug-likeness (QED) is 0.498. The van der Waals surface area contributed by atoms with Crippen molar-refractivity contribution in [3.8, 4) is 11.4 Å². The second kappa shape index (κ2) is 8.30. The van der Waals surface area contributed by atoms with E-state index in [1.807, 2.05) is 55.5 Å². The zero-order valence-corrected chi connectivity index (χ0v) is 17.9. The van der Waals surface area contributed by atoms with Crippen LogP contribution in [0.1, 0.15) is 5.69 Å². The van der Waals surface area contributed by atoms with Crippen LogP contribution >= 0.6 is 0 Å². The molecule has 32 heavy (non-hydrogen) atoms. The van der Waals surface area contributed by atoms with Gasteiger partial charge in [0.1, 0.15) is 12.4 Å². The molecule has 0 unspecified atom stereocenters. The fourth-order valence-electron chi connectivity index (χ4n) is 4.12. The van der Waals surface area contributed by atoms with Crippen LogP contribution in [0, 0.1) is 6.92 Å². The van der Waals surface area contributed by atoms with Crippen LogP contribution in [0.4, 0.5) is 5.69 Å². The number of hydrogen-bond acceptors (Lipinski definition) is 5. The highest BCUT2D eigenvalue weighted by Gasteiger charge is 2.23. The Bertz CT molecular complexity index is 1310. The molecule has 0 bridgehead atoms. The highest BCUT2D eigenvalue weighted by molar-refractivity contribution is 5.76. The lowest BCUT2D eigenvalue weighted by Gasteiger charge is -2.36. The minimum Gasteiger partial charge on any atom is -0.368 e. The van der Waals surface area contributed by atoms with Crippen LogP contribution < -0.4 is 10.6 Å². The maximum atomic E-state index is 13.1. The predicted molar refractivity (Wildman–Crippen MR) is 123 cm³/mol. The summed E-state index contributed by atoms with van der Waals surface area (Å²) in [4.78, 5) is 34.7. The third kappa shape index (κ3) is 3.75. The van der Waals surface area contributed by atoms with Crippen LogP contribution in [0.15, 0.2) is 71.5 Å². The minimum atomic E-state index is -0.359. The number of nitrogens with zero attached hydrogens (tertiary/aromatic N) is 6. The largest absolute Gasteiger partial charge is 0.368 e. The number of piperazine rings is 1. The van der Waals surface area contributed by atoms with Gasteiger partial charge in [-0.05, 0) is 19.1 Å². The summed E-state index contributed by atoms with van der Waals surface area (Å²) in [6, 6.07) is 21.5. The Hall–Kier alpha value is -3.94. The van der Waals surface area contributed by atoms with Crippen LogP contribution in [0.5, 0.6) is 0 Å². The number of rotatable bonds is 4. The number of amides is 1. The Labute approximate surface area is 185 Å². The minimum absolute atomic E-state index is 0.0842. The summed E-state index contributed by atoms with van der Waals surface area (Å²) in [5.74, 6) is 0.426. The van der Waals surface area contributed by atoms with E-state index in [1.165, 1.54) is 9.08 Å². The monoisotopic (exact) mass is 428 g/mol. The van der Waals surface area contributed by atoms with Gasteiger partial charge in [-0.15, -0.1) is 5.10 Å². The molecule has 0 N–H and O–H groups in total. The van der Waals surface area contributed by atoms with E-state index in [-0.39, 0.29) is 18.1 Å². The first kappa shape index (κ1) is 20.0. The van der Waals surface area contributed by atoms with Crippen molar-refractivity contribution in [3.05, 3.63) is 82.9 Å². The number of para-hydroxylation sites is 1. The molecule has 1 aliphatic rings. The molecule has 2 aromatic heterocycles. The van der Waals surface area contributed by atoms with E-state index in [0.717, 1.165) is 30.0 Å². The Morgan fingerprint density at radius 1 is 0.938 bits per heavy atom. The average molecular weight is 428 g/mol. The second-order valence-corrected chi connectivity index (χ2v) is 7.92. The standard InChI is InChI=1S/C24H24N6O2/c1-18-16-21-26-29(24(32)30(21)23(25-18)19-8-4-2-5-9-19)17-22(31)28-14-12-27(13-15-28)20-10-6-3-7-11-20/h2-11,16H,12-15,17H2,1H3. The second-order valence-electron chi connectivity index (χ2n) is 7.92. The molecule has 0 aliphatic carbocycles. The van der Waals surface area contributed by atoms with E-state index >= 15 is 0 Å². The molecule has 1 saturated heterocycles. The third-order valence-electron chi connectivity index (χ3n) is 5.77. The average Bonchev–Trinajstić information content (AvgIpc) is 3.14. The summed E-state index contributed by atoms with van der Waals surface area (Å²) in [6.07, 6.45) is 0. The van der Waals surface area contributed by atoms with Crippen molar-refractivity contribution >= 4 is 17.2 Å². The highest BCUT2D eigenvalue weighted by atomic mass is 16.2. The molecule has 1 fully saturated rings. The molecule has 8 nitrogen and oxygen atoms in total. The lowest BCUT2D eigenvalue weighted by atomic mass is 10.2. The van der Waals surface area contributed by atoms with Crippen molar-refractivity contribution < 1.29 is 4.79 Å². The number of fused-ring (bicyclic) bond motifs is 1. The van der Waals surface area contributed by atoms with Crippen LogP contribution in [0.2, 0.25) is 0 Å². The molecule has 0 spiro atoms. The van der Waals surface area contributed by atoms with Gasteiger partial charge in [-0.1, -0.05) is 48.5 Å². The van der Waals surface area contributed by atoms with Crippen LogP contribution in [0.25, 0.3) is 17.0 Å². The number of aryl methyl sites for hydroxylation is 1. The summed E-state index contributed by atoms with van der Waals surface area (Å²) in [7, 11) is 0. The topological polar surface area (TPSA) is 75.7 Å². The van der Waals surface area contributed by atoms with Crippen molar-refractivity contribution in [3.63, 3.8) is 0 Å². The fraction of sp³-hybridized carbons (Fsp3) is 0.250. The summed E-state index contributed by atoms with van der Waals surface area (Å²) < 4.78 is 2.72. The number of carbonyl (C=O) groups excluding carboxylic acids is 1. The number of carbonyl (C=O) groups is 1. The maximum absolute atomic E-state index is 13.1. The molecule has 0 atom stereocenters. The lowest BCUT2D eigenvalue weighted by Crippen LogP contribution is -2.50. The number of anilines is 1. The van der Waals surface area contributed by atoms with Crippen molar-refractivity contribution in [2.24, 2.45) is 0 Å². The van der Waals surface area contributed by atoms with Gasteiger partial charge >= 0.3 is 5.69 Å². The molecule has 0 saturated carbocycles. The molecular formula is C24H24N6O2. The SMILES string of the molecule is Cc1cc2nn(CC(=O)N3CCN(c4ccccc4)CC3)c(=O)n2c(-c2ccccc2)n1. The number of benzene rings is 2. The van der Waals surface area contributed by atoms with Gasteiger partial charge in [0, 0.05) is 49.2 Å². The van der Waals surface area contributed by atoms with Gasteiger partial charge in [0.2, 0.25) is 5.91 Å². The Morgan fingerprint density at radius 2 is 1.59 bits per heavy atom. The first-order valence-electron chi connectivity index (χ1n) is 10.7. The molecule has 8 heteroatoms. The lowest BCUT2D eigenvalue weighted by molar-refractivity contribution is -0.132. The van der Waals surface area contributed by atoms with E-state index in [9.17, 15) is 9.59 Å². The van der Waals surface area contributed by atoms with E-state index in [1.54, 1.807) is 11.0 Å². The van der Waals surface area contributed by atoms with E-state index in [4.69, 9.17) is 0 Å². The van der Waals surface area contributed by atoms with Gasteiger partial charge in [-0.25, -0.2) is 18.9 Å². The fourth-order valence-corrected chi connectivity index (χ4v) is 4.12. The van der Waals surface area contributed by atoms with Crippen molar-refractivity contribution in [2.45, 2.75) is 13.5 Å². The van der Waals surface area contributed by atoms with Crippen molar-refractivity contribution in [2.75, 3.05) is 31.1 Å². The summed E-state index contributed by atoms with van der Waals surface area (Å²) >= 11 is 0. The van der Waals surface area contributed by atoms with Crippen molar-refractivity contribution in [1.29, 1.82) is 0 Å². The summed E-state index contributed by atoms with van der Waals surface area (Å²) in [5.41, 5.74) is 2.88. The Kier molecular flexibility index (Phi) is 5.18. The predicted octanol–water partition coefficient (Wildman–Crippen LogP) is 2.22. The van der Waals surface area contributed by atoms with Crippen LogP contribution in [-0.2, 0) is 11.3 Å². The molecule has 2 aromatic carbocycles. The molecule has 4 aromatic rings. The van der Waals surface area contributed by atoms with Crippen molar-refractivity contribution in [1.82, 2.24) is 24.1 Å². The number of aromatic nitrogens is 4. The molecular weight excluding hydrogens is 404 g/mol. The van der Waals surface area contributed by atoms with Gasteiger partial charge in [0.15, 0.2) is 5.65 Å². The molecule has 1 amide bonds.